The van der Waals surface area contributed by atoms with Gasteiger partial charge in [0.15, 0.2) is 5.82 Å². The smallest absolute Gasteiger partial charge is 0.263 e. The molecule has 2 rings (SSSR count). The van der Waals surface area contributed by atoms with E-state index in [4.69, 9.17) is 5.84 Å². The fraction of sp³-hybridized carbons (Fsp3) is 0. The van der Waals surface area contributed by atoms with Crippen molar-refractivity contribution in [1.29, 1.82) is 0 Å². The van der Waals surface area contributed by atoms with Gasteiger partial charge in [0.25, 0.3) is 10.0 Å². The first kappa shape index (κ1) is 12.2. The molecule has 4 N–H and O–H groups in total. The lowest BCUT2D eigenvalue weighted by Crippen LogP contribution is -2.15. The van der Waals surface area contributed by atoms with Gasteiger partial charge in [-0.05, 0) is 6.07 Å². The first-order valence-corrected chi connectivity index (χ1v) is 6.31. The molecule has 0 fully saturated rings. The molecule has 2 aromatic heterocycles. The van der Waals surface area contributed by atoms with E-state index < -0.39 is 10.0 Å². The number of hydrazine groups is 1. The molecule has 9 heteroatoms. The van der Waals surface area contributed by atoms with Gasteiger partial charge in [-0.25, -0.2) is 24.2 Å². The van der Waals surface area contributed by atoms with Gasteiger partial charge >= 0.3 is 0 Å². The summed E-state index contributed by atoms with van der Waals surface area (Å²) >= 11 is 0. The molecule has 8 nitrogen and oxygen atoms in total. The van der Waals surface area contributed by atoms with Crippen molar-refractivity contribution >= 4 is 21.7 Å². The lowest BCUT2D eigenvalue weighted by atomic mass is 10.5. The molecule has 0 saturated heterocycles. The Balaban J connectivity index is 2.31. The van der Waals surface area contributed by atoms with Crippen LogP contribution in [0.4, 0.5) is 11.6 Å². The Hall–Kier alpha value is -2.26. The molecule has 18 heavy (non-hydrogen) atoms. The number of rotatable bonds is 4. The zero-order valence-corrected chi connectivity index (χ0v) is 9.92. The van der Waals surface area contributed by atoms with Crippen LogP contribution in [0.5, 0.6) is 0 Å². The number of hydrogen-bond acceptors (Lipinski definition) is 7. The Morgan fingerprint density at radius 2 is 1.89 bits per heavy atom. The number of nitrogens with one attached hydrogen (secondary N) is 2. The van der Waals surface area contributed by atoms with Crippen molar-refractivity contribution < 1.29 is 8.42 Å². The molecule has 0 spiro atoms. The maximum absolute atomic E-state index is 12.0. The maximum atomic E-state index is 12.0. The fourth-order valence-corrected chi connectivity index (χ4v) is 2.21. The predicted octanol–water partition coefficient (Wildman–Crippen LogP) is -0.0420. The Labute approximate surface area is 103 Å². The van der Waals surface area contributed by atoms with Gasteiger partial charge < -0.3 is 5.43 Å². The van der Waals surface area contributed by atoms with Crippen LogP contribution in [0.2, 0.25) is 0 Å². The summed E-state index contributed by atoms with van der Waals surface area (Å²) in [6, 6.07) is 2.65. The Bertz CT molecular complexity index is 631. The second-order valence-electron chi connectivity index (χ2n) is 3.22. The SMILES string of the molecule is NNc1cc(S(=O)(=O)Nc2cnccn2)ccn1. The number of anilines is 2. The molecule has 2 aromatic rings. The van der Waals surface area contributed by atoms with Crippen molar-refractivity contribution in [3.63, 3.8) is 0 Å². The standard InChI is InChI=1S/C9H10N6O2S/c10-14-8-5-7(1-2-12-8)18(16,17)15-9-6-11-3-4-13-9/h1-6H,10H2,(H,12,14)(H,13,15). The summed E-state index contributed by atoms with van der Waals surface area (Å²) in [6.07, 6.45) is 5.47. The van der Waals surface area contributed by atoms with Gasteiger partial charge in [-0.3, -0.25) is 9.71 Å². The van der Waals surface area contributed by atoms with Gasteiger partial charge in [0.05, 0.1) is 11.1 Å². The normalized spacial score (nSPS) is 10.9. The minimum atomic E-state index is -3.73. The molecular weight excluding hydrogens is 256 g/mol. The van der Waals surface area contributed by atoms with Crippen molar-refractivity contribution in [2.75, 3.05) is 10.1 Å². The third-order valence-corrected chi connectivity index (χ3v) is 3.34. The van der Waals surface area contributed by atoms with Crippen LogP contribution in [0.3, 0.4) is 0 Å². The molecule has 0 aliphatic heterocycles. The molecular formula is C9H10N6O2S. The number of aromatic nitrogens is 3. The van der Waals surface area contributed by atoms with E-state index in [9.17, 15) is 8.42 Å². The van der Waals surface area contributed by atoms with E-state index in [1.807, 2.05) is 0 Å². The zero-order chi connectivity index (χ0) is 13.0. The summed E-state index contributed by atoms with van der Waals surface area (Å²) in [5, 5.41) is 0. The van der Waals surface area contributed by atoms with E-state index in [-0.39, 0.29) is 16.5 Å². The highest BCUT2D eigenvalue weighted by Gasteiger charge is 2.15. The number of hydrogen-bond donors (Lipinski definition) is 3. The molecule has 0 aromatic carbocycles. The number of nitrogens with zero attached hydrogens (tertiary/aromatic N) is 3. The number of nitrogen functional groups attached to an aromatic ring is 1. The predicted molar refractivity (Wildman–Crippen MR) is 64.9 cm³/mol. The fourth-order valence-electron chi connectivity index (χ4n) is 1.21. The molecule has 0 aliphatic rings. The molecule has 0 saturated carbocycles. The Morgan fingerprint density at radius 3 is 2.56 bits per heavy atom. The van der Waals surface area contributed by atoms with Gasteiger partial charge in [-0.1, -0.05) is 0 Å². The Kier molecular flexibility index (Phi) is 3.35. The van der Waals surface area contributed by atoms with Crippen molar-refractivity contribution in [3.8, 4) is 0 Å². The highest BCUT2D eigenvalue weighted by Crippen LogP contribution is 2.15. The van der Waals surface area contributed by atoms with Crippen LogP contribution in [-0.2, 0) is 10.0 Å². The molecule has 94 valence electrons. The average Bonchev–Trinajstić information content (AvgIpc) is 2.39. The van der Waals surface area contributed by atoms with Crippen molar-refractivity contribution in [2.24, 2.45) is 5.84 Å². The summed E-state index contributed by atoms with van der Waals surface area (Å²) in [6.45, 7) is 0. The monoisotopic (exact) mass is 266 g/mol. The van der Waals surface area contributed by atoms with Crippen LogP contribution in [-0.4, -0.2) is 23.4 Å². The maximum Gasteiger partial charge on any atom is 0.263 e. The minimum Gasteiger partial charge on any atom is -0.308 e. The van der Waals surface area contributed by atoms with Crippen LogP contribution in [0.25, 0.3) is 0 Å². The van der Waals surface area contributed by atoms with Gasteiger partial charge in [0.1, 0.15) is 5.82 Å². The molecule has 0 bridgehead atoms. The van der Waals surface area contributed by atoms with Crippen LogP contribution in [0.15, 0.2) is 41.8 Å². The Morgan fingerprint density at radius 1 is 1.11 bits per heavy atom. The first-order valence-electron chi connectivity index (χ1n) is 4.83. The topological polar surface area (TPSA) is 123 Å². The van der Waals surface area contributed by atoms with E-state index in [0.717, 1.165) is 0 Å². The van der Waals surface area contributed by atoms with Crippen LogP contribution >= 0.6 is 0 Å². The third kappa shape index (κ3) is 2.70. The van der Waals surface area contributed by atoms with Gasteiger partial charge in [-0.2, -0.15) is 0 Å². The summed E-state index contributed by atoms with van der Waals surface area (Å²) in [7, 11) is -3.73. The molecule has 2 heterocycles. The van der Waals surface area contributed by atoms with E-state index in [2.05, 4.69) is 25.1 Å². The molecule has 0 radical (unpaired) electrons. The summed E-state index contributed by atoms with van der Waals surface area (Å²) in [5.41, 5.74) is 2.27. The van der Waals surface area contributed by atoms with Crippen molar-refractivity contribution in [1.82, 2.24) is 15.0 Å². The lowest BCUT2D eigenvalue weighted by Gasteiger charge is -2.07. The molecule has 0 amide bonds. The third-order valence-electron chi connectivity index (χ3n) is 1.99. The molecule has 0 aliphatic carbocycles. The minimum absolute atomic E-state index is 0.0242. The average molecular weight is 266 g/mol. The first-order chi connectivity index (χ1) is 8.62. The summed E-state index contributed by atoms with van der Waals surface area (Å²) in [5.74, 6) is 5.55. The number of sulfonamides is 1. The van der Waals surface area contributed by atoms with Gasteiger partial charge in [-0.15, -0.1) is 0 Å². The van der Waals surface area contributed by atoms with Crippen LogP contribution in [0, 0.1) is 0 Å². The highest BCUT2D eigenvalue weighted by atomic mass is 32.2. The van der Waals surface area contributed by atoms with Crippen LogP contribution in [0.1, 0.15) is 0 Å². The molecule has 0 unspecified atom stereocenters. The largest absolute Gasteiger partial charge is 0.308 e. The van der Waals surface area contributed by atoms with E-state index in [1.165, 1.54) is 36.9 Å². The van der Waals surface area contributed by atoms with E-state index in [1.54, 1.807) is 0 Å². The number of pyridine rings is 1. The number of nitrogens with two attached hydrogens (primary N) is 1. The van der Waals surface area contributed by atoms with Crippen molar-refractivity contribution in [3.05, 3.63) is 36.9 Å². The van der Waals surface area contributed by atoms with Gasteiger partial charge in [0.2, 0.25) is 0 Å². The van der Waals surface area contributed by atoms with Gasteiger partial charge in [0, 0.05) is 24.7 Å². The summed E-state index contributed by atoms with van der Waals surface area (Å²) in [4.78, 5) is 11.4. The lowest BCUT2D eigenvalue weighted by molar-refractivity contribution is 0.601. The highest BCUT2D eigenvalue weighted by molar-refractivity contribution is 7.92. The zero-order valence-electron chi connectivity index (χ0n) is 9.11. The van der Waals surface area contributed by atoms with E-state index >= 15 is 0 Å². The quantitative estimate of drug-likeness (QED) is 0.524. The summed E-state index contributed by atoms with van der Waals surface area (Å²) < 4.78 is 26.3. The second-order valence-corrected chi connectivity index (χ2v) is 4.90. The molecule has 0 atom stereocenters. The van der Waals surface area contributed by atoms with Crippen molar-refractivity contribution in [2.45, 2.75) is 4.90 Å². The van der Waals surface area contributed by atoms with Crippen LogP contribution < -0.4 is 16.0 Å². The second kappa shape index (κ2) is 4.94. The van der Waals surface area contributed by atoms with E-state index in [0.29, 0.717) is 0 Å².